The van der Waals surface area contributed by atoms with Crippen LogP contribution in [-0.4, -0.2) is 15.1 Å². The van der Waals surface area contributed by atoms with Crippen molar-refractivity contribution in [2.24, 2.45) is 0 Å². The minimum Gasteiger partial charge on any atom is -0.508 e. The second-order valence-corrected chi connectivity index (χ2v) is 5.08. The second kappa shape index (κ2) is 6.26. The Morgan fingerprint density at radius 1 is 0.955 bits per heavy atom. The molecule has 1 atom stereocenters. The lowest BCUT2D eigenvalue weighted by Gasteiger charge is -2.17. The summed E-state index contributed by atoms with van der Waals surface area (Å²) < 4.78 is 0. The highest BCUT2D eigenvalue weighted by atomic mass is 16.3. The van der Waals surface area contributed by atoms with Gasteiger partial charge in [0.1, 0.15) is 11.4 Å². The highest BCUT2D eigenvalue weighted by Crippen LogP contribution is 2.28. The summed E-state index contributed by atoms with van der Waals surface area (Å²) in [4.78, 5) is 8.80. The largest absolute Gasteiger partial charge is 0.508 e. The zero-order valence-corrected chi connectivity index (χ0v) is 12.3. The Hall–Kier alpha value is -2.88. The fraction of sp³-hybridized carbons (Fsp3) is 0.111. The van der Waals surface area contributed by atoms with Gasteiger partial charge in [0.15, 0.2) is 5.82 Å². The average molecular weight is 291 g/mol. The molecule has 3 aromatic rings. The van der Waals surface area contributed by atoms with E-state index in [4.69, 9.17) is 0 Å². The smallest absolute Gasteiger partial charge is 0.153 e. The summed E-state index contributed by atoms with van der Waals surface area (Å²) in [7, 11) is 0. The van der Waals surface area contributed by atoms with Gasteiger partial charge >= 0.3 is 0 Å². The first-order valence-corrected chi connectivity index (χ1v) is 7.16. The maximum atomic E-state index is 9.66. The molecule has 22 heavy (non-hydrogen) atoms. The van der Waals surface area contributed by atoms with E-state index in [1.807, 2.05) is 24.3 Å². The van der Waals surface area contributed by atoms with Gasteiger partial charge in [-0.05, 0) is 24.6 Å². The van der Waals surface area contributed by atoms with E-state index in [-0.39, 0.29) is 11.8 Å². The number of benzene rings is 2. The molecular weight excluding hydrogens is 274 g/mol. The van der Waals surface area contributed by atoms with E-state index >= 15 is 0 Å². The predicted octanol–water partition coefficient (Wildman–Crippen LogP) is 4.02. The van der Waals surface area contributed by atoms with Crippen LogP contribution in [0, 0.1) is 0 Å². The number of nitrogens with one attached hydrogen (secondary N) is 1. The number of aromatic nitrogens is 2. The van der Waals surface area contributed by atoms with Crippen molar-refractivity contribution in [2.45, 2.75) is 13.0 Å². The summed E-state index contributed by atoms with van der Waals surface area (Å²) in [5.41, 5.74) is 2.73. The van der Waals surface area contributed by atoms with E-state index in [9.17, 15) is 5.11 Å². The van der Waals surface area contributed by atoms with Gasteiger partial charge in [-0.3, -0.25) is 4.98 Å². The summed E-state index contributed by atoms with van der Waals surface area (Å²) in [6.07, 6.45) is 3.31. The van der Waals surface area contributed by atoms with Crippen molar-refractivity contribution in [3.63, 3.8) is 0 Å². The fourth-order valence-corrected chi connectivity index (χ4v) is 2.34. The van der Waals surface area contributed by atoms with Gasteiger partial charge in [0, 0.05) is 18.0 Å². The second-order valence-electron chi connectivity index (χ2n) is 5.08. The van der Waals surface area contributed by atoms with Crippen LogP contribution in [0.1, 0.15) is 18.5 Å². The van der Waals surface area contributed by atoms with Gasteiger partial charge in [0.05, 0.1) is 6.04 Å². The molecule has 0 saturated heterocycles. The van der Waals surface area contributed by atoms with Crippen LogP contribution in [0.25, 0.3) is 11.3 Å². The Labute approximate surface area is 129 Å². The molecule has 0 aliphatic rings. The Morgan fingerprint density at radius 3 is 2.50 bits per heavy atom. The van der Waals surface area contributed by atoms with Crippen LogP contribution in [0.15, 0.2) is 67.0 Å². The van der Waals surface area contributed by atoms with Gasteiger partial charge < -0.3 is 10.4 Å². The Kier molecular flexibility index (Phi) is 4.01. The van der Waals surface area contributed by atoms with E-state index in [2.05, 4.69) is 34.3 Å². The summed E-state index contributed by atoms with van der Waals surface area (Å²) in [5, 5.41) is 13.0. The van der Waals surface area contributed by atoms with Crippen LogP contribution in [0.2, 0.25) is 0 Å². The van der Waals surface area contributed by atoms with E-state index in [0.29, 0.717) is 5.82 Å². The van der Waals surface area contributed by atoms with Crippen molar-refractivity contribution in [1.29, 1.82) is 0 Å². The van der Waals surface area contributed by atoms with E-state index in [1.165, 1.54) is 5.56 Å². The lowest BCUT2D eigenvalue weighted by atomic mass is 10.1. The molecule has 4 nitrogen and oxygen atoms in total. The van der Waals surface area contributed by atoms with E-state index in [1.54, 1.807) is 30.6 Å². The topological polar surface area (TPSA) is 58.0 Å². The summed E-state index contributed by atoms with van der Waals surface area (Å²) in [6, 6.07) is 17.3. The van der Waals surface area contributed by atoms with E-state index in [0.717, 1.165) is 11.3 Å². The number of phenols is 1. The van der Waals surface area contributed by atoms with Gasteiger partial charge in [0.25, 0.3) is 0 Å². The lowest BCUT2D eigenvalue weighted by molar-refractivity contribution is 0.475. The first-order valence-electron chi connectivity index (χ1n) is 7.16. The standard InChI is InChI=1S/C18H17N3O/c1-13(14-6-3-2-4-7-14)21-18-17(19-10-11-20-18)15-8-5-9-16(22)12-15/h2-13,22H,1H3,(H,20,21)/t13-/m0/s1. The molecule has 0 fully saturated rings. The molecule has 3 rings (SSSR count). The average Bonchev–Trinajstić information content (AvgIpc) is 2.56. The van der Waals surface area contributed by atoms with Crippen molar-refractivity contribution in [2.75, 3.05) is 5.32 Å². The number of anilines is 1. The molecule has 0 bridgehead atoms. The molecule has 0 aliphatic heterocycles. The van der Waals surface area contributed by atoms with Gasteiger partial charge in [0.2, 0.25) is 0 Å². The summed E-state index contributed by atoms with van der Waals surface area (Å²) in [5.74, 6) is 0.912. The molecule has 0 amide bonds. The number of hydrogen-bond donors (Lipinski definition) is 2. The zero-order chi connectivity index (χ0) is 15.4. The summed E-state index contributed by atoms with van der Waals surface area (Å²) in [6.45, 7) is 2.08. The molecule has 2 aromatic carbocycles. The molecule has 110 valence electrons. The lowest BCUT2D eigenvalue weighted by Crippen LogP contribution is -2.09. The van der Waals surface area contributed by atoms with Crippen molar-refractivity contribution < 1.29 is 5.11 Å². The van der Waals surface area contributed by atoms with Crippen LogP contribution >= 0.6 is 0 Å². The molecule has 0 unspecified atom stereocenters. The molecule has 0 radical (unpaired) electrons. The normalized spacial score (nSPS) is 11.9. The highest BCUT2D eigenvalue weighted by Gasteiger charge is 2.12. The molecule has 2 N–H and O–H groups in total. The highest BCUT2D eigenvalue weighted by molar-refractivity contribution is 5.72. The van der Waals surface area contributed by atoms with Crippen LogP contribution < -0.4 is 5.32 Å². The third kappa shape index (κ3) is 3.06. The quantitative estimate of drug-likeness (QED) is 0.762. The van der Waals surface area contributed by atoms with Gasteiger partial charge in [-0.1, -0.05) is 42.5 Å². The van der Waals surface area contributed by atoms with Gasteiger partial charge in [-0.2, -0.15) is 0 Å². The number of hydrogen-bond acceptors (Lipinski definition) is 4. The van der Waals surface area contributed by atoms with Gasteiger partial charge in [-0.25, -0.2) is 4.98 Å². The molecule has 4 heteroatoms. The van der Waals surface area contributed by atoms with Crippen LogP contribution in [0.3, 0.4) is 0 Å². The Morgan fingerprint density at radius 2 is 1.73 bits per heavy atom. The maximum Gasteiger partial charge on any atom is 0.153 e. The molecule has 1 heterocycles. The minimum atomic E-state index is 0.106. The molecular formula is C18H17N3O. The van der Waals surface area contributed by atoms with Crippen LogP contribution in [0.4, 0.5) is 5.82 Å². The number of phenolic OH excluding ortho intramolecular Hbond substituents is 1. The molecule has 0 spiro atoms. The predicted molar refractivity (Wildman–Crippen MR) is 87.6 cm³/mol. The van der Waals surface area contributed by atoms with Crippen molar-refractivity contribution in [3.8, 4) is 17.0 Å². The van der Waals surface area contributed by atoms with Crippen molar-refractivity contribution in [1.82, 2.24) is 9.97 Å². The Balaban J connectivity index is 1.92. The first-order chi connectivity index (χ1) is 10.7. The van der Waals surface area contributed by atoms with Gasteiger partial charge in [-0.15, -0.1) is 0 Å². The van der Waals surface area contributed by atoms with E-state index < -0.39 is 0 Å². The minimum absolute atomic E-state index is 0.106. The summed E-state index contributed by atoms with van der Waals surface area (Å²) >= 11 is 0. The van der Waals surface area contributed by atoms with Crippen LogP contribution in [0.5, 0.6) is 5.75 Å². The Bertz CT molecular complexity index is 759. The van der Waals surface area contributed by atoms with Crippen molar-refractivity contribution >= 4 is 5.82 Å². The van der Waals surface area contributed by atoms with Crippen molar-refractivity contribution in [3.05, 3.63) is 72.6 Å². The number of nitrogens with zero attached hydrogens (tertiary/aromatic N) is 2. The third-order valence-electron chi connectivity index (χ3n) is 3.47. The fourth-order valence-electron chi connectivity index (χ4n) is 2.34. The molecule has 0 aliphatic carbocycles. The number of rotatable bonds is 4. The SMILES string of the molecule is C[C@H](Nc1nccnc1-c1cccc(O)c1)c1ccccc1. The van der Waals surface area contributed by atoms with Crippen LogP contribution in [-0.2, 0) is 0 Å². The molecule has 0 saturated carbocycles. The first kappa shape index (κ1) is 14.1. The number of aromatic hydroxyl groups is 1. The zero-order valence-electron chi connectivity index (χ0n) is 12.3. The molecule has 1 aromatic heterocycles. The maximum absolute atomic E-state index is 9.66. The monoisotopic (exact) mass is 291 g/mol. The third-order valence-corrected chi connectivity index (χ3v) is 3.47.